The maximum atomic E-state index is 13.9. The Morgan fingerprint density at radius 1 is 1.22 bits per heavy atom. The van der Waals surface area contributed by atoms with Crippen molar-refractivity contribution in [1.82, 2.24) is 9.97 Å². The Morgan fingerprint density at radius 2 is 1.94 bits per heavy atom. The average Bonchev–Trinajstić information content (AvgIpc) is 2.40. The molecule has 4 nitrogen and oxygen atoms in total. The van der Waals surface area contributed by atoms with Crippen LogP contribution < -0.4 is 4.90 Å². The van der Waals surface area contributed by atoms with Gasteiger partial charge in [0.15, 0.2) is 11.6 Å². The molecule has 0 unspecified atom stereocenters. The minimum atomic E-state index is -0.475. The number of pyridine rings is 2. The zero-order valence-electron chi connectivity index (χ0n) is 10.0. The molecule has 2 aromatic heterocycles. The van der Waals surface area contributed by atoms with Gasteiger partial charge >= 0.3 is 0 Å². The minimum absolute atomic E-state index is 0.235. The maximum Gasteiger partial charge on any atom is 0.171 e. The molecule has 0 aliphatic rings. The van der Waals surface area contributed by atoms with E-state index in [9.17, 15) is 4.39 Å². The summed E-state index contributed by atoms with van der Waals surface area (Å²) >= 11 is 0. The van der Waals surface area contributed by atoms with Crippen LogP contribution >= 0.6 is 0 Å². The molecule has 0 aromatic carbocycles. The highest BCUT2D eigenvalue weighted by atomic mass is 19.1. The van der Waals surface area contributed by atoms with Crippen LogP contribution in [0.2, 0.25) is 0 Å². The molecule has 0 spiro atoms. The van der Waals surface area contributed by atoms with Gasteiger partial charge in [0.1, 0.15) is 0 Å². The van der Waals surface area contributed by atoms with Crippen molar-refractivity contribution in [3.8, 4) is 0 Å². The van der Waals surface area contributed by atoms with Crippen LogP contribution in [-0.2, 0) is 13.2 Å². The Hall–Kier alpha value is -2.01. The zero-order valence-corrected chi connectivity index (χ0v) is 10.0. The van der Waals surface area contributed by atoms with Crippen molar-refractivity contribution in [2.24, 2.45) is 0 Å². The Labute approximate surface area is 105 Å². The molecule has 5 heteroatoms. The second-order valence-electron chi connectivity index (χ2n) is 3.98. The minimum Gasteiger partial charge on any atom is -0.392 e. The molecule has 0 aliphatic carbocycles. The second kappa shape index (κ2) is 5.55. The van der Waals surface area contributed by atoms with E-state index in [-0.39, 0.29) is 18.0 Å². The van der Waals surface area contributed by atoms with Crippen molar-refractivity contribution in [2.45, 2.75) is 13.2 Å². The number of rotatable bonds is 4. The molecule has 18 heavy (non-hydrogen) atoms. The third-order valence-electron chi connectivity index (χ3n) is 2.65. The summed E-state index contributed by atoms with van der Waals surface area (Å²) in [5.41, 5.74) is 1.27. The lowest BCUT2D eigenvalue weighted by Crippen LogP contribution is -2.19. The first-order chi connectivity index (χ1) is 8.72. The highest BCUT2D eigenvalue weighted by molar-refractivity contribution is 5.42. The van der Waals surface area contributed by atoms with E-state index in [1.165, 1.54) is 12.3 Å². The number of hydrogen-bond donors (Lipinski definition) is 1. The van der Waals surface area contributed by atoms with Crippen molar-refractivity contribution < 1.29 is 9.50 Å². The number of nitrogens with zero attached hydrogens (tertiary/aromatic N) is 3. The molecule has 1 N–H and O–H groups in total. The number of aliphatic hydroxyl groups is 1. The monoisotopic (exact) mass is 247 g/mol. The van der Waals surface area contributed by atoms with Crippen molar-refractivity contribution in [2.75, 3.05) is 11.9 Å². The lowest BCUT2D eigenvalue weighted by molar-refractivity contribution is 0.275. The molecule has 94 valence electrons. The molecule has 2 aromatic rings. The van der Waals surface area contributed by atoms with E-state index in [0.717, 1.165) is 5.56 Å². The van der Waals surface area contributed by atoms with Gasteiger partial charge in [-0.25, -0.2) is 9.37 Å². The summed E-state index contributed by atoms with van der Waals surface area (Å²) < 4.78 is 13.9. The summed E-state index contributed by atoms with van der Waals surface area (Å²) in [5.74, 6) is -0.241. The zero-order chi connectivity index (χ0) is 13.0. The maximum absolute atomic E-state index is 13.9. The van der Waals surface area contributed by atoms with Gasteiger partial charge in [0, 0.05) is 37.7 Å². The number of aliphatic hydroxyl groups excluding tert-OH is 1. The smallest absolute Gasteiger partial charge is 0.171 e. The van der Waals surface area contributed by atoms with E-state index in [0.29, 0.717) is 6.54 Å². The van der Waals surface area contributed by atoms with Crippen LogP contribution in [0.15, 0.2) is 36.8 Å². The molecule has 0 radical (unpaired) electrons. The molecule has 0 fully saturated rings. The predicted molar refractivity (Wildman–Crippen MR) is 66.5 cm³/mol. The highest BCUT2D eigenvalue weighted by Gasteiger charge is 2.12. The van der Waals surface area contributed by atoms with Gasteiger partial charge in [-0.2, -0.15) is 0 Å². The summed E-state index contributed by atoms with van der Waals surface area (Å²) in [7, 11) is 1.76. The second-order valence-corrected chi connectivity index (χ2v) is 3.98. The summed E-state index contributed by atoms with van der Waals surface area (Å²) in [6, 6.07) is 5.20. The van der Waals surface area contributed by atoms with Gasteiger partial charge in [-0.1, -0.05) is 0 Å². The summed E-state index contributed by atoms with van der Waals surface area (Å²) in [6.07, 6.45) is 4.88. The standard InChI is InChI=1S/C13H14FN3O/c1-17(8-10-2-5-15-6-3-10)13-12(14)11(9-18)4-7-16-13/h2-7,18H,8-9H2,1H3. The van der Waals surface area contributed by atoms with Crippen molar-refractivity contribution in [1.29, 1.82) is 0 Å². The Morgan fingerprint density at radius 3 is 2.61 bits per heavy atom. The largest absolute Gasteiger partial charge is 0.392 e. The van der Waals surface area contributed by atoms with E-state index >= 15 is 0 Å². The van der Waals surface area contributed by atoms with Crippen LogP contribution in [0.1, 0.15) is 11.1 Å². The fraction of sp³-hybridized carbons (Fsp3) is 0.231. The van der Waals surface area contributed by atoms with Gasteiger partial charge in [-0.3, -0.25) is 4.98 Å². The van der Waals surface area contributed by atoms with Gasteiger partial charge < -0.3 is 10.0 Å². The molecular formula is C13H14FN3O. The molecule has 0 atom stereocenters. The third-order valence-corrected chi connectivity index (χ3v) is 2.65. The molecular weight excluding hydrogens is 233 g/mol. The number of aromatic nitrogens is 2. The van der Waals surface area contributed by atoms with E-state index in [2.05, 4.69) is 9.97 Å². The number of hydrogen-bond acceptors (Lipinski definition) is 4. The highest BCUT2D eigenvalue weighted by Crippen LogP contribution is 2.19. The van der Waals surface area contributed by atoms with Gasteiger partial charge in [-0.05, 0) is 23.8 Å². The number of halogens is 1. The van der Waals surface area contributed by atoms with E-state index in [1.807, 2.05) is 12.1 Å². The molecule has 0 amide bonds. The van der Waals surface area contributed by atoms with Crippen LogP contribution in [0.3, 0.4) is 0 Å². The predicted octanol–water partition coefficient (Wildman–Crippen LogP) is 1.74. The molecule has 0 bridgehead atoms. The first-order valence-corrected chi connectivity index (χ1v) is 5.56. The Kier molecular flexibility index (Phi) is 3.84. The lowest BCUT2D eigenvalue weighted by Gasteiger charge is -2.19. The number of anilines is 1. The SMILES string of the molecule is CN(Cc1ccncc1)c1nccc(CO)c1F. The molecule has 0 aliphatic heterocycles. The van der Waals surface area contributed by atoms with Gasteiger partial charge in [0.05, 0.1) is 6.61 Å². The van der Waals surface area contributed by atoms with Crippen LogP contribution in [-0.4, -0.2) is 22.1 Å². The van der Waals surface area contributed by atoms with E-state index < -0.39 is 5.82 Å². The quantitative estimate of drug-likeness (QED) is 0.894. The van der Waals surface area contributed by atoms with Gasteiger partial charge in [-0.15, -0.1) is 0 Å². The van der Waals surface area contributed by atoms with Crippen molar-refractivity contribution in [3.05, 3.63) is 53.7 Å². The normalized spacial score (nSPS) is 10.4. The van der Waals surface area contributed by atoms with Crippen LogP contribution in [0.25, 0.3) is 0 Å². The van der Waals surface area contributed by atoms with Crippen molar-refractivity contribution >= 4 is 5.82 Å². The van der Waals surface area contributed by atoms with Crippen LogP contribution in [0, 0.1) is 5.82 Å². The summed E-state index contributed by atoms with van der Waals surface area (Å²) in [6.45, 7) is 0.200. The van der Waals surface area contributed by atoms with Crippen LogP contribution in [0.5, 0.6) is 0 Å². The van der Waals surface area contributed by atoms with Gasteiger partial charge in [0.25, 0.3) is 0 Å². The van der Waals surface area contributed by atoms with Gasteiger partial charge in [0.2, 0.25) is 0 Å². The molecule has 0 saturated carbocycles. The Bertz CT molecular complexity index is 519. The van der Waals surface area contributed by atoms with E-state index in [1.54, 1.807) is 24.3 Å². The lowest BCUT2D eigenvalue weighted by atomic mass is 10.2. The van der Waals surface area contributed by atoms with E-state index in [4.69, 9.17) is 5.11 Å². The van der Waals surface area contributed by atoms with Crippen molar-refractivity contribution in [3.63, 3.8) is 0 Å². The fourth-order valence-electron chi connectivity index (χ4n) is 1.70. The molecule has 0 saturated heterocycles. The first-order valence-electron chi connectivity index (χ1n) is 5.56. The first kappa shape index (κ1) is 12.4. The summed E-state index contributed by atoms with van der Waals surface area (Å²) in [5, 5.41) is 9.02. The topological polar surface area (TPSA) is 49.2 Å². The molecule has 2 rings (SSSR count). The fourth-order valence-corrected chi connectivity index (χ4v) is 1.70. The Balaban J connectivity index is 2.21. The third kappa shape index (κ3) is 2.62. The average molecular weight is 247 g/mol. The van der Waals surface area contributed by atoms with Crippen LogP contribution in [0.4, 0.5) is 10.2 Å². The molecule has 2 heterocycles. The summed E-state index contributed by atoms with van der Waals surface area (Å²) in [4.78, 5) is 9.63.